The Morgan fingerprint density at radius 1 is 1.23 bits per heavy atom. The average Bonchev–Trinajstić information content (AvgIpc) is 3.08. The maximum absolute atomic E-state index is 12.2. The molecule has 132 valence electrons. The van der Waals surface area contributed by atoms with Gasteiger partial charge < -0.3 is 9.88 Å². The molecule has 0 radical (unpaired) electrons. The maximum atomic E-state index is 12.2. The van der Waals surface area contributed by atoms with E-state index >= 15 is 0 Å². The van der Waals surface area contributed by atoms with Crippen molar-refractivity contribution in [1.29, 1.82) is 0 Å². The summed E-state index contributed by atoms with van der Waals surface area (Å²) in [6.45, 7) is 0.939. The van der Waals surface area contributed by atoms with Crippen molar-refractivity contribution in [2.24, 2.45) is 0 Å². The highest BCUT2D eigenvalue weighted by molar-refractivity contribution is 5.91. The lowest BCUT2D eigenvalue weighted by Crippen LogP contribution is -2.28. The lowest BCUT2D eigenvalue weighted by atomic mass is 10.1. The second kappa shape index (κ2) is 6.95. The highest BCUT2D eigenvalue weighted by Crippen LogP contribution is 2.24. The van der Waals surface area contributed by atoms with Gasteiger partial charge in [0.1, 0.15) is 12.4 Å². The second-order valence-corrected chi connectivity index (χ2v) is 6.35. The van der Waals surface area contributed by atoms with Crippen LogP contribution in [0.2, 0.25) is 0 Å². The number of carbonyl (C=O) groups is 1. The van der Waals surface area contributed by atoms with Crippen LogP contribution in [0, 0.1) is 0 Å². The highest BCUT2D eigenvalue weighted by Gasteiger charge is 2.13. The zero-order valence-corrected chi connectivity index (χ0v) is 14.3. The van der Waals surface area contributed by atoms with Crippen LogP contribution in [-0.4, -0.2) is 25.0 Å². The Balaban J connectivity index is 1.51. The second-order valence-electron chi connectivity index (χ2n) is 6.35. The number of carbonyl (C=O) groups excluding carboxylic acids is 1. The molecule has 0 aliphatic carbocycles. The summed E-state index contributed by atoms with van der Waals surface area (Å²) in [6.07, 6.45) is 8.40. The molecule has 0 spiro atoms. The van der Waals surface area contributed by atoms with Gasteiger partial charge in [-0.15, -0.1) is 0 Å². The van der Waals surface area contributed by atoms with Gasteiger partial charge in [-0.05, 0) is 31.0 Å². The monoisotopic (exact) mass is 349 g/mol. The first kappa shape index (κ1) is 16.3. The van der Waals surface area contributed by atoms with Gasteiger partial charge in [0, 0.05) is 42.8 Å². The fourth-order valence-electron chi connectivity index (χ4n) is 3.17. The van der Waals surface area contributed by atoms with E-state index in [2.05, 4.69) is 21.1 Å². The lowest BCUT2D eigenvalue weighted by molar-refractivity contribution is -0.116. The van der Waals surface area contributed by atoms with Crippen LogP contribution in [0.15, 0.2) is 53.7 Å². The topological polar surface area (TPSA) is 81.8 Å². The number of amides is 1. The number of hydrogen-bond donors (Lipinski definition) is 1. The zero-order chi connectivity index (χ0) is 17.9. The van der Waals surface area contributed by atoms with Crippen molar-refractivity contribution in [2.45, 2.75) is 32.4 Å². The molecule has 3 aromatic rings. The van der Waals surface area contributed by atoms with Crippen LogP contribution < -0.4 is 11.0 Å². The van der Waals surface area contributed by atoms with Crippen LogP contribution in [0.5, 0.6) is 0 Å². The van der Waals surface area contributed by atoms with Crippen LogP contribution in [0.25, 0.3) is 11.3 Å². The van der Waals surface area contributed by atoms with E-state index in [-0.39, 0.29) is 12.5 Å². The molecule has 0 saturated carbocycles. The number of hydrogen-bond acceptors (Lipinski definition) is 4. The molecule has 0 saturated heterocycles. The molecule has 26 heavy (non-hydrogen) atoms. The van der Waals surface area contributed by atoms with Gasteiger partial charge in [0.05, 0.1) is 5.69 Å². The average molecular weight is 349 g/mol. The fraction of sp³-hybridized carbons (Fsp3) is 0.263. The van der Waals surface area contributed by atoms with Gasteiger partial charge in [0.25, 0.3) is 0 Å². The number of imidazole rings is 1. The molecule has 1 N–H and O–H groups in total. The first-order chi connectivity index (χ1) is 12.7. The van der Waals surface area contributed by atoms with E-state index < -0.39 is 5.69 Å². The van der Waals surface area contributed by atoms with Crippen molar-refractivity contribution in [3.63, 3.8) is 0 Å². The van der Waals surface area contributed by atoms with Gasteiger partial charge in [-0.1, -0.05) is 12.1 Å². The van der Waals surface area contributed by atoms with E-state index in [1.807, 2.05) is 24.3 Å². The number of anilines is 1. The largest absolute Gasteiger partial charge is 0.347 e. The number of nitrogens with one attached hydrogen (secondary N) is 1. The third-order valence-corrected chi connectivity index (χ3v) is 4.45. The van der Waals surface area contributed by atoms with Gasteiger partial charge in [0.2, 0.25) is 5.91 Å². The van der Waals surface area contributed by atoms with Gasteiger partial charge >= 0.3 is 5.69 Å². The summed E-state index contributed by atoms with van der Waals surface area (Å²) in [5.41, 5.74) is 2.11. The Hall–Kier alpha value is -3.22. The summed E-state index contributed by atoms with van der Waals surface area (Å²) in [5.74, 6) is 0.845. The quantitative estimate of drug-likeness (QED) is 0.782. The molecule has 3 heterocycles. The Morgan fingerprint density at radius 2 is 2.15 bits per heavy atom. The molecule has 1 aromatic carbocycles. The molecule has 0 fully saturated rings. The SMILES string of the molecule is O=C(Cn1cccnc1=O)Nc1cccc(-c2cn3c(n2)CCCC3)c1. The summed E-state index contributed by atoms with van der Waals surface area (Å²) in [7, 11) is 0. The molecular weight excluding hydrogens is 330 g/mol. The van der Waals surface area contributed by atoms with Crippen LogP contribution in [0.3, 0.4) is 0 Å². The number of fused-ring (bicyclic) bond motifs is 1. The number of rotatable bonds is 4. The summed E-state index contributed by atoms with van der Waals surface area (Å²) < 4.78 is 3.47. The standard InChI is InChI=1S/C19H19N5O2/c25-18(13-24-10-4-8-20-19(24)26)21-15-6-3-5-14(11-15)16-12-23-9-2-1-7-17(23)22-16/h3-6,8,10-12H,1-2,7,9,13H2,(H,21,25). The lowest BCUT2D eigenvalue weighted by Gasteiger charge is -2.11. The predicted octanol–water partition coefficient (Wildman–Crippen LogP) is 2.08. The summed E-state index contributed by atoms with van der Waals surface area (Å²) in [4.78, 5) is 32.2. The number of aryl methyl sites for hydroxylation is 2. The van der Waals surface area contributed by atoms with Crippen molar-refractivity contribution < 1.29 is 4.79 Å². The van der Waals surface area contributed by atoms with Crippen LogP contribution in [-0.2, 0) is 24.3 Å². The predicted molar refractivity (Wildman–Crippen MR) is 97.7 cm³/mol. The first-order valence-electron chi connectivity index (χ1n) is 8.67. The van der Waals surface area contributed by atoms with E-state index in [0.29, 0.717) is 5.69 Å². The van der Waals surface area contributed by atoms with Crippen molar-refractivity contribution >= 4 is 11.6 Å². The molecule has 2 aromatic heterocycles. The number of benzene rings is 1. The van der Waals surface area contributed by atoms with Crippen LogP contribution in [0.4, 0.5) is 5.69 Å². The van der Waals surface area contributed by atoms with Crippen molar-refractivity contribution in [3.05, 3.63) is 65.2 Å². The first-order valence-corrected chi connectivity index (χ1v) is 8.67. The van der Waals surface area contributed by atoms with E-state index in [1.54, 1.807) is 12.3 Å². The smallest absolute Gasteiger partial charge is 0.334 e. The van der Waals surface area contributed by atoms with Gasteiger partial charge in [0.15, 0.2) is 0 Å². The Kier molecular flexibility index (Phi) is 4.35. The van der Waals surface area contributed by atoms with Crippen molar-refractivity contribution in [3.8, 4) is 11.3 Å². The normalized spacial score (nSPS) is 13.2. The molecule has 1 aliphatic rings. The van der Waals surface area contributed by atoms with Gasteiger partial charge in [-0.25, -0.2) is 14.8 Å². The molecule has 0 unspecified atom stereocenters. The Labute approximate surface area is 150 Å². The summed E-state index contributed by atoms with van der Waals surface area (Å²) in [6, 6.07) is 9.21. The molecule has 0 atom stereocenters. The third-order valence-electron chi connectivity index (χ3n) is 4.45. The molecule has 7 heteroatoms. The zero-order valence-electron chi connectivity index (χ0n) is 14.3. The minimum absolute atomic E-state index is 0.0737. The minimum atomic E-state index is -0.444. The van der Waals surface area contributed by atoms with Gasteiger partial charge in [-0.3, -0.25) is 9.36 Å². The number of aromatic nitrogens is 4. The molecule has 4 rings (SSSR count). The van der Waals surface area contributed by atoms with E-state index in [4.69, 9.17) is 4.98 Å². The minimum Gasteiger partial charge on any atom is -0.334 e. The maximum Gasteiger partial charge on any atom is 0.347 e. The van der Waals surface area contributed by atoms with Crippen LogP contribution in [0.1, 0.15) is 18.7 Å². The van der Waals surface area contributed by atoms with E-state index in [0.717, 1.165) is 30.0 Å². The third kappa shape index (κ3) is 3.42. The highest BCUT2D eigenvalue weighted by atomic mass is 16.2. The molecular formula is C19H19N5O2. The van der Waals surface area contributed by atoms with E-state index in [9.17, 15) is 9.59 Å². The van der Waals surface area contributed by atoms with Crippen molar-refractivity contribution in [2.75, 3.05) is 5.32 Å². The Bertz CT molecular complexity index is 981. The van der Waals surface area contributed by atoms with Gasteiger partial charge in [-0.2, -0.15) is 0 Å². The van der Waals surface area contributed by atoms with Crippen molar-refractivity contribution in [1.82, 2.24) is 19.1 Å². The van der Waals surface area contributed by atoms with E-state index in [1.165, 1.54) is 23.6 Å². The molecule has 1 amide bonds. The molecule has 0 bridgehead atoms. The molecule has 7 nitrogen and oxygen atoms in total. The van der Waals surface area contributed by atoms with Crippen LogP contribution >= 0.6 is 0 Å². The number of nitrogens with zero attached hydrogens (tertiary/aromatic N) is 4. The summed E-state index contributed by atoms with van der Waals surface area (Å²) >= 11 is 0. The molecule has 1 aliphatic heterocycles. The Morgan fingerprint density at radius 3 is 3.00 bits per heavy atom. The fourth-order valence-corrected chi connectivity index (χ4v) is 3.17. The summed E-state index contributed by atoms with van der Waals surface area (Å²) in [5, 5.41) is 2.83.